The highest BCUT2D eigenvalue weighted by Gasteiger charge is 2.32. The summed E-state index contributed by atoms with van der Waals surface area (Å²) in [4.78, 5) is 12.0. The molecule has 2 rings (SSSR count). The fraction of sp³-hybridized carbons (Fsp3) is 0.400. The first-order chi connectivity index (χ1) is 9.17. The minimum Gasteiger partial charge on any atom is -0.497 e. The van der Waals surface area contributed by atoms with E-state index in [4.69, 9.17) is 14.2 Å². The molecule has 4 heteroatoms. The normalized spacial score (nSPS) is 18.2. The molecule has 1 unspecified atom stereocenters. The molecule has 0 bridgehead atoms. The van der Waals surface area contributed by atoms with Gasteiger partial charge >= 0.3 is 5.97 Å². The van der Waals surface area contributed by atoms with Crippen LogP contribution in [0.15, 0.2) is 35.6 Å². The zero-order chi connectivity index (χ0) is 13.8. The van der Waals surface area contributed by atoms with Crippen LogP contribution in [0.25, 0.3) is 0 Å². The Morgan fingerprint density at radius 3 is 2.63 bits per heavy atom. The summed E-state index contributed by atoms with van der Waals surface area (Å²) >= 11 is 0. The van der Waals surface area contributed by atoms with Gasteiger partial charge in [0, 0.05) is 0 Å². The zero-order valence-corrected chi connectivity index (χ0v) is 11.4. The second-order valence-corrected chi connectivity index (χ2v) is 4.33. The summed E-state index contributed by atoms with van der Waals surface area (Å²) in [7, 11) is 1.63. The predicted molar refractivity (Wildman–Crippen MR) is 71.0 cm³/mol. The molecule has 0 N–H and O–H groups in total. The van der Waals surface area contributed by atoms with Crippen molar-refractivity contribution in [3.8, 4) is 5.75 Å². The molecule has 0 spiro atoms. The van der Waals surface area contributed by atoms with Crippen LogP contribution in [-0.2, 0) is 14.3 Å². The Labute approximate surface area is 113 Å². The van der Waals surface area contributed by atoms with Crippen LogP contribution in [0.1, 0.15) is 25.3 Å². The maximum Gasteiger partial charge on any atom is 0.338 e. The van der Waals surface area contributed by atoms with E-state index in [-0.39, 0.29) is 11.9 Å². The molecule has 0 aromatic heterocycles. The van der Waals surface area contributed by atoms with Gasteiger partial charge in [-0.25, -0.2) is 4.79 Å². The van der Waals surface area contributed by atoms with E-state index in [2.05, 4.69) is 0 Å². The number of rotatable bonds is 4. The molecule has 0 radical (unpaired) electrons. The number of allylic oxidation sites excluding steroid dienone is 1. The van der Waals surface area contributed by atoms with Gasteiger partial charge in [-0.15, -0.1) is 0 Å². The summed E-state index contributed by atoms with van der Waals surface area (Å²) in [5, 5.41) is 0. The number of ether oxygens (including phenoxy) is 3. The van der Waals surface area contributed by atoms with Crippen molar-refractivity contribution in [3.05, 3.63) is 41.2 Å². The lowest BCUT2D eigenvalue weighted by Gasteiger charge is -2.12. The van der Waals surface area contributed by atoms with Crippen LogP contribution >= 0.6 is 0 Å². The molecule has 0 saturated heterocycles. The lowest BCUT2D eigenvalue weighted by Crippen LogP contribution is -2.14. The molecular formula is C15H18O4. The largest absolute Gasteiger partial charge is 0.497 e. The quantitative estimate of drug-likeness (QED) is 0.782. The van der Waals surface area contributed by atoms with Crippen molar-refractivity contribution in [2.24, 2.45) is 0 Å². The van der Waals surface area contributed by atoms with E-state index in [0.29, 0.717) is 24.5 Å². The van der Waals surface area contributed by atoms with E-state index in [1.54, 1.807) is 21.0 Å². The molecule has 19 heavy (non-hydrogen) atoms. The number of carbonyl (C=O) groups excluding carboxylic acids is 1. The highest BCUT2D eigenvalue weighted by atomic mass is 16.5. The van der Waals surface area contributed by atoms with Crippen molar-refractivity contribution in [3.63, 3.8) is 0 Å². The van der Waals surface area contributed by atoms with Crippen LogP contribution in [0, 0.1) is 0 Å². The summed E-state index contributed by atoms with van der Waals surface area (Å²) in [6.45, 7) is 4.44. The van der Waals surface area contributed by atoms with Crippen molar-refractivity contribution >= 4 is 5.97 Å². The van der Waals surface area contributed by atoms with Crippen molar-refractivity contribution in [2.45, 2.75) is 19.8 Å². The smallest absolute Gasteiger partial charge is 0.338 e. The second-order valence-electron chi connectivity index (χ2n) is 4.33. The summed E-state index contributed by atoms with van der Waals surface area (Å²) in [5.41, 5.74) is 1.65. The highest BCUT2D eigenvalue weighted by Crippen LogP contribution is 2.35. The van der Waals surface area contributed by atoms with Crippen LogP contribution in [0.2, 0.25) is 0 Å². The SMILES string of the molecule is CCOC(=O)C1=C(C)OCC1c1ccc(OC)cc1. The molecule has 0 amide bonds. The zero-order valence-electron chi connectivity index (χ0n) is 11.4. The van der Waals surface area contributed by atoms with E-state index in [1.807, 2.05) is 24.3 Å². The standard InChI is InChI=1S/C15H18O4/c1-4-18-15(16)14-10(2)19-9-13(14)11-5-7-12(17-3)8-6-11/h5-8,13H,4,9H2,1-3H3. The average molecular weight is 262 g/mol. The van der Waals surface area contributed by atoms with Gasteiger partial charge < -0.3 is 14.2 Å². The van der Waals surface area contributed by atoms with Crippen molar-refractivity contribution in [1.82, 2.24) is 0 Å². The first-order valence-electron chi connectivity index (χ1n) is 6.32. The molecule has 1 aliphatic heterocycles. The second kappa shape index (κ2) is 5.78. The Morgan fingerprint density at radius 1 is 1.37 bits per heavy atom. The Hall–Kier alpha value is -1.97. The number of methoxy groups -OCH3 is 1. The van der Waals surface area contributed by atoms with Gasteiger partial charge in [0.1, 0.15) is 11.5 Å². The lowest BCUT2D eigenvalue weighted by atomic mass is 9.92. The monoisotopic (exact) mass is 262 g/mol. The number of hydrogen-bond acceptors (Lipinski definition) is 4. The molecule has 0 fully saturated rings. The Kier molecular flexibility index (Phi) is 4.10. The Morgan fingerprint density at radius 2 is 2.05 bits per heavy atom. The third-order valence-electron chi connectivity index (χ3n) is 3.21. The van der Waals surface area contributed by atoms with Crippen LogP contribution in [0.3, 0.4) is 0 Å². The number of esters is 1. The van der Waals surface area contributed by atoms with Crippen LogP contribution in [-0.4, -0.2) is 26.3 Å². The number of hydrogen-bond donors (Lipinski definition) is 0. The van der Waals surface area contributed by atoms with Gasteiger partial charge in [0.2, 0.25) is 0 Å². The van der Waals surface area contributed by atoms with E-state index in [1.165, 1.54) is 0 Å². The molecule has 1 aliphatic rings. The molecule has 1 aromatic rings. The first kappa shape index (κ1) is 13.5. The molecular weight excluding hydrogens is 244 g/mol. The minimum atomic E-state index is -0.293. The summed E-state index contributed by atoms with van der Waals surface area (Å²) < 4.78 is 15.7. The van der Waals surface area contributed by atoms with Crippen molar-refractivity contribution in [1.29, 1.82) is 0 Å². The Balaban J connectivity index is 2.26. The highest BCUT2D eigenvalue weighted by molar-refractivity contribution is 5.91. The molecule has 0 aliphatic carbocycles. The topological polar surface area (TPSA) is 44.8 Å². The van der Waals surface area contributed by atoms with Gasteiger partial charge in [-0.2, -0.15) is 0 Å². The molecule has 1 heterocycles. The molecule has 1 aromatic carbocycles. The summed E-state index contributed by atoms with van der Waals surface area (Å²) in [5.74, 6) is 1.09. The number of benzene rings is 1. The fourth-order valence-electron chi connectivity index (χ4n) is 2.21. The summed E-state index contributed by atoms with van der Waals surface area (Å²) in [6, 6.07) is 7.66. The predicted octanol–water partition coefficient (Wildman–Crippen LogP) is 2.65. The number of carbonyl (C=O) groups is 1. The van der Waals surface area contributed by atoms with Crippen molar-refractivity contribution in [2.75, 3.05) is 20.3 Å². The van der Waals surface area contributed by atoms with Crippen molar-refractivity contribution < 1.29 is 19.0 Å². The summed E-state index contributed by atoms with van der Waals surface area (Å²) in [6.07, 6.45) is 0. The van der Waals surface area contributed by atoms with Crippen LogP contribution < -0.4 is 4.74 Å². The van der Waals surface area contributed by atoms with Crippen LogP contribution in [0.4, 0.5) is 0 Å². The third-order valence-corrected chi connectivity index (χ3v) is 3.21. The van der Waals surface area contributed by atoms with Gasteiger partial charge in [0.05, 0.1) is 31.8 Å². The lowest BCUT2D eigenvalue weighted by molar-refractivity contribution is -0.138. The van der Waals surface area contributed by atoms with Gasteiger partial charge in [-0.3, -0.25) is 0 Å². The fourth-order valence-corrected chi connectivity index (χ4v) is 2.21. The van der Waals surface area contributed by atoms with Gasteiger partial charge in [-0.05, 0) is 31.5 Å². The molecule has 1 atom stereocenters. The minimum absolute atomic E-state index is 0.0649. The molecule has 102 valence electrons. The third kappa shape index (κ3) is 2.72. The van der Waals surface area contributed by atoms with E-state index < -0.39 is 0 Å². The van der Waals surface area contributed by atoms with Crippen LogP contribution in [0.5, 0.6) is 5.75 Å². The Bertz CT molecular complexity index is 487. The van der Waals surface area contributed by atoms with E-state index in [0.717, 1.165) is 11.3 Å². The molecule has 0 saturated carbocycles. The van der Waals surface area contributed by atoms with Gasteiger partial charge in [0.25, 0.3) is 0 Å². The first-order valence-corrected chi connectivity index (χ1v) is 6.32. The maximum atomic E-state index is 12.0. The van der Waals surface area contributed by atoms with E-state index in [9.17, 15) is 4.79 Å². The van der Waals surface area contributed by atoms with Gasteiger partial charge in [-0.1, -0.05) is 12.1 Å². The molecule has 4 nitrogen and oxygen atoms in total. The maximum absolute atomic E-state index is 12.0. The van der Waals surface area contributed by atoms with Gasteiger partial charge in [0.15, 0.2) is 0 Å². The van der Waals surface area contributed by atoms with E-state index >= 15 is 0 Å². The average Bonchev–Trinajstić information content (AvgIpc) is 2.81.